The summed E-state index contributed by atoms with van der Waals surface area (Å²) >= 11 is 0. The van der Waals surface area contributed by atoms with Crippen LogP contribution in [0.4, 0.5) is 5.69 Å². The third-order valence-electron chi connectivity index (χ3n) is 5.62. The zero-order valence-electron chi connectivity index (χ0n) is 18.8. The topological polar surface area (TPSA) is 79.0 Å². The third kappa shape index (κ3) is 6.83. The molecule has 1 saturated heterocycles. The minimum atomic E-state index is -0.124. The van der Waals surface area contributed by atoms with Gasteiger partial charge in [0, 0.05) is 45.2 Å². The van der Waals surface area contributed by atoms with Gasteiger partial charge < -0.3 is 19.9 Å². The molecule has 7 nitrogen and oxygen atoms in total. The molecule has 1 fully saturated rings. The average Bonchev–Trinajstić information content (AvgIpc) is 3.05. The van der Waals surface area contributed by atoms with Crippen molar-refractivity contribution >= 4 is 23.4 Å². The highest BCUT2D eigenvalue weighted by atomic mass is 16.5. The Bertz CT molecular complexity index is 925. The summed E-state index contributed by atoms with van der Waals surface area (Å²) in [5.74, 6) is 0.871. The van der Waals surface area contributed by atoms with Crippen molar-refractivity contribution in [1.29, 1.82) is 0 Å². The van der Waals surface area contributed by atoms with E-state index in [0.717, 1.165) is 23.3 Å². The van der Waals surface area contributed by atoms with E-state index in [0.29, 0.717) is 51.1 Å². The smallest absolute Gasteiger partial charge is 0.227 e. The van der Waals surface area contributed by atoms with Crippen molar-refractivity contribution in [3.8, 4) is 5.75 Å². The van der Waals surface area contributed by atoms with Crippen LogP contribution in [0.5, 0.6) is 5.75 Å². The van der Waals surface area contributed by atoms with Crippen LogP contribution in [0.15, 0.2) is 48.5 Å². The zero-order valence-corrected chi connectivity index (χ0v) is 18.8. The lowest BCUT2D eigenvalue weighted by Crippen LogP contribution is -2.38. The number of ether oxygens (including phenoxy) is 1. The molecule has 7 heteroatoms. The summed E-state index contributed by atoms with van der Waals surface area (Å²) in [5.41, 5.74) is 2.73. The molecule has 0 spiro atoms. The van der Waals surface area contributed by atoms with E-state index >= 15 is 0 Å². The molecule has 1 aliphatic heterocycles. The van der Waals surface area contributed by atoms with Crippen LogP contribution in [0.1, 0.15) is 30.9 Å². The van der Waals surface area contributed by atoms with Crippen molar-refractivity contribution in [2.45, 2.75) is 32.6 Å². The fourth-order valence-electron chi connectivity index (χ4n) is 3.81. The average molecular weight is 438 g/mol. The molecule has 3 amide bonds. The summed E-state index contributed by atoms with van der Waals surface area (Å²) in [4.78, 5) is 40.3. The summed E-state index contributed by atoms with van der Waals surface area (Å²) in [6, 6.07) is 15.1. The second-order valence-electron chi connectivity index (χ2n) is 8.02. The van der Waals surface area contributed by atoms with Crippen molar-refractivity contribution in [2.75, 3.05) is 38.6 Å². The van der Waals surface area contributed by atoms with E-state index in [1.54, 1.807) is 19.2 Å². The normalized spacial score (nSPS) is 13.9. The largest absolute Gasteiger partial charge is 0.497 e. The van der Waals surface area contributed by atoms with Gasteiger partial charge in [-0.2, -0.15) is 0 Å². The van der Waals surface area contributed by atoms with Crippen LogP contribution in [0.25, 0.3) is 0 Å². The maximum Gasteiger partial charge on any atom is 0.227 e. The lowest BCUT2D eigenvalue weighted by atomic mass is 10.1. The molecule has 0 aliphatic carbocycles. The van der Waals surface area contributed by atoms with Gasteiger partial charge in [-0.15, -0.1) is 0 Å². The number of benzene rings is 2. The van der Waals surface area contributed by atoms with Crippen LogP contribution in [-0.4, -0.2) is 60.8 Å². The molecule has 0 unspecified atom stereocenters. The number of carbonyl (C=O) groups is 3. The summed E-state index contributed by atoms with van der Waals surface area (Å²) in [7, 11) is 1.63. The van der Waals surface area contributed by atoms with E-state index in [1.165, 1.54) is 6.92 Å². The zero-order chi connectivity index (χ0) is 22.9. The van der Waals surface area contributed by atoms with Gasteiger partial charge in [-0.3, -0.25) is 14.4 Å². The van der Waals surface area contributed by atoms with Gasteiger partial charge >= 0.3 is 0 Å². The minimum Gasteiger partial charge on any atom is -0.497 e. The number of aryl methyl sites for hydroxylation is 1. The van der Waals surface area contributed by atoms with Gasteiger partial charge in [0.05, 0.1) is 13.5 Å². The van der Waals surface area contributed by atoms with Gasteiger partial charge in [0.2, 0.25) is 17.7 Å². The van der Waals surface area contributed by atoms with Crippen molar-refractivity contribution in [2.24, 2.45) is 0 Å². The van der Waals surface area contributed by atoms with E-state index in [4.69, 9.17) is 4.74 Å². The molecule has 3 rings (SSSR count). The molecular formula is C25H31N3O4. The van der Waals surface area contributed by atoms with Crippen molar-refractivity contribution in [3.63, 3.8) is 0 Å². The first-order valence-electron chi connectivity index (χ1n) is 11.0. The van der Waals surface area contributed by atoms with Gasteiger partial charge in [0.25, 0.3) is 0 Å². The lowest BCUT2D eigenvalue weighted by Gasteiger charge is -2.22. The number of carbonyl (C=O) groups excluding carboxylic acids is 3. The first kappa shape index (κ1) is 23.3. The Hall–Kier alpha value is -3.35. The van der Waals surface area contributed by atoms with Crippen molar-refractivity contribution in [3.05, 3.63) is 59.7 Å². The molecule has 2 aromatic rings. The Balaban J connectivity index is 1.46. The van der Waals surface area contributed by atoms with Crippen LogP contribution < -0.4 is 10.1 Å². The second-order valence-corrected chi connectivity index (χ2v) is 8.02. The molecule has 0 radical (unpaired) electrons. The lowest BCUT2D eigenvalue weighted by molar-refractivity contribution is -0.133. The fourth-order valence-corrected chi connectivity index (χ4v) is 3.81. The summed E-state index contributed by atoms with van der Waals surface area (Å²) in [6.07, 6.45) is 2.24. The van der Waals surface area contributed by atoms with Gasteiger partial charge in [-0.25, -0.2) is 0 Å². The molecule has 32 heavy (non-hydrogen) atoms. The molecule has 0 aromatic heterocycles. The number of amides is 3. The molecule has 1 aliphatic rings. The molecule has 1 heterocycles. The molecule has 170 valence electrons. The van der Waals surface area contributed by atoms with Gasteiger partial charge in [-0.05, 0) is 48.2 Å². The Morgan fingerprint density at radius 3 is 2.03 bits per heavy atom. The van der Waals surface area contributed by atoms with Gasteiger partial charge in [-0.1, -0.05) is 24.3 Å². The summed E-state index contributed by atoms with van der Waals surface area (Å²) in [5, 5.41) is 2.72. The number of rotatable bonds is 7. The van der Waals surface area contributed by atoms with E-state index in [-0.39, 0.29) is 17.7 Å². The maximum atomic E-state index is 12.8. The molecule has 0 bridgehead atoms. The van der Waals surface area contributed by atoms with Gasteiger partial charge in [0.1, 0.15) is 5.75 Å². The first-order chi connectivity index (χ1) is 15.4. The van der Waals surface area contributed by atoms with E-state index in [1.807, 2.05) is 46.2 Å². The van der Waals surface area contributed by atoms with Gasteiger partial charge in [0.15, 0.2) is 0 Å². The monoisotopic (exact) mass is 437 g/mol. The highest BCUT2D eigenvalue weighted by Gasteiger charge is 2.22. The Morgan fingerprint density at radius 2 is 1.44 bits per heavy atom. The number of nitrogens with zero attached hydrogens (tertiary/aromatic N) is 2. The predicted molar refractivity (Wildman–Crippen MR) is 124 cm³/mol. The number of hydrogen-bond donors (Lipinski definition) is 1. The molecular weight excluding hydrogens is 406 g/mol. The number of nitrogens with one attached hydrogen (secondary N) is 1. The molecule has 1 N–H and O–H groups in total. The van der Waals surface area contributed by atoms with Crippen LogP contribution in [0.2, 0.25) is 0 Å². The van der Waals surface area contributed by atoms with Crippen molar-refractivity contribution < 1.29 is 19.1 Å². The highest BCUT2D eigenvalue weighted by Crippen LogP contribution is 2.15. The van der Waals surface area contributed by atoms with E-state index < -0.39 is 0 Å². The molecule has 0 atom stereocenters. The Kier molecular flexibility index (Phi) is 8.25. The highest BCUT2D eigenvalue weighted by molar-refractivity contribution is 5.88. The number of anilines is 1. The van der Waals surface area contributed by atoms with E-state index in [2.05, 4.69) is 5.32 Å². The Labute approximate surface area is 189 Å². The Morgan fingerprint density at radius 1 is 0.844 bits per heavy atom. The predicted octanol–water partition coefficient (Wildman–Crippen LogP) is 2.89. The van der Waals surface area contributed by atoms with Crippen LogP contribution in [0, 0.1) is 0 Å². The molecule has 0 saturated carbocycles. The van der Waals surface area contributed by atoms with E-state index in [9.17, 15) is 14.4 Å². The third-order valence-corrected chi connectivity index (χ3v) is 5.62. The van der Waals surface area contributed by atoms with Crippen LogP contribution in [-0.2, 0) is 27.2 Å². The van der Waals surface area contributed by atoms with Crippen LogP contribution in [0.3, 0.4) is 0 Å². The summed E-state index contributed by atoms with van der Waals surface area (Å²) in [6.45, 7) is 3.91. The number of hydrogen-bond acceptors (Lipinski definition) is 4. The minimum absolute atomic E-state index is 0.0600. The fraction of sp³-hybridized carbons (Fsp3) is 0.400. The maximum absolute atomic E-state index is 12.8. The standard InChI is InChI=1S/C25H31N3O4/c1-19(29)26-22-9-4-21(5-10-22)18-25(31)28-15-3-14-27(16-17-28)24(30)13-8-20-6-11-23(32-2)12-7-20/h4-7,9-12H,3,8,13-18H2,1-2H3,(H,26,29). The SMILES string of the molecule is COc1ccc(CCC(=O)N2CCCN(C(=O)Cc3ccc(NC(C)=O)cc3)CC2)cc1. The first-order valence-corrected chi connectivity index (χ1v) is 11.0. The summed E-state index contributed by atoms with van der Waals surface area (Å²) < 4.78 is 5.17. The quantitative estimate of drug-likeness (QED) is 0.723. The molecule has 2 aromatic carbocycles. The number of methoxy groups -OCH3 is 1. The van der Waals surface area contributed by atoms with Crippen molar-refractivity contribution in [1.82, 2.24) is 9.80 Å². The van der Waals surface area contributed by atoms with Crippen LogP contribution >= 0.6 is 0 Å². The second kappa shape index (κ2) is 11.3.